The molecule has 10 nitrogen and oxygen atoms in total. The molecule has 2 aromatic heterocycles. The van der Waals surface area contributed by atoms with Crippen molar-refractivity contribution in [3.63, 3.8) is 0 Å². The number of amides is 1. The second-order valence-electron chi connectivity index (χ2n) is 9.87. The van der Waals surface area contributed by atoms with E-state index in [1.165, 1.54) is 0 Å². The van der Waals surface area contributed by atoms with Crippen LogP contribution in [0.1, 0.15) is 30.4 Å². The Kier molecular flexibility index (Phi) is 9.41. The van der Waals surface area contributed by atoms with Crippen molar-refractivity contribution in [2.24, 2.45) is 5.92 Å². The van der Waals surface area contributed by atoms with Crippen LogP contribution in [0, 0.1) is 12.5 Å². The van der Waals surface area contributed by atoms with Gasteiger partial charge in [0.05, 0.1) is 6.57 Å². The maximum absolute atomic E-state index is 13.5. The van der Waals surface area contributed by atoms with E-state index in [1.54, 1.807) is 41.5 Å². The van der Waals surface area contributed by atoms with Crippen molar-refractivity contribution in [2.45, 2.75) is 38.4 Å². The molecule has 0 radical (unpaired) electrons. The second-order valence-corrected chi connectivity index (χ2v) is 10.3. The number of ether oxygens (including phenoxy) is 1. The number of halogens is 1. The smallest absolute Gasteiger partial charge is 0.242 e. The fourth-order valence-corrected chi connectivity index (χ4v) is 4.88. The van der Waals surface area contributed by atoms with Crippen LogP contribution in [-0.4, -0.2) is 44.7 Å². The summed E-state index contributed by atoms with van der Waals surface area (Å²) in [5, 5.41) is 10.4. The molecular formula is C30H31ClN8O2. The van der Waals surface area contributed by atoms with E-state index in [9.17, 15) is 4.79 Å². The third kappa shape index (κ3) is 8.03. The zero-order chi connectivity index (χ0) is 28.4. The van der Waals surface area contributed by atoms with Gasteiger partial charge in [0.25, 0.3) is 0 Å². The molecule has 11 heteroatoms. The van der Waals surface area contributed by atoms with Gasteiger partial charge in [-0.2, -0.15) is 9.97 Å². The lowest BCUT2D eigenvalue weighted by Crippen LogP contribution is -2.41. The van der Waals surface area contributed by atoms with Gasteiger partial charge in [-0.15, -0.1) is 0 Å². The van der Waals surface area contributed by atoms with Gasteiger partial charge >= 0.3 is 0 Å². The van der Waals surface area contributed by atoms with Crippen molar-refractivity contribution in [3.05, 3.63) is 101 Å². The standard InChI is InChI=1S/C30H31ClN8O2/c1-32-25-7-5-22(6-8-25)18-34-29(40)26(16-21-9-13-41-14-10-21)36-27-17-28(39-12-11-33-20-39)38-30(37-27)35-19-23-3-2-4-24(31)15-23/h2-8,11-12,15,17,20-21,26H,9-10,13-14,16,18-19H2,(H,34,40)(H2,35,36,37,38)/t26-/m1/s1. The number of aromatic nitrogens is 4. The van der Waals surface area contributed by atoms with E-state index in [4.69, 9.17) is 27.9 Å². The molecule has 1 fully saturated rings. The maximum Gasteiger partial charge on any atom is 0.242 e. The Morgan fingerprint density at radius 1 is 1.10 bits per heavy atom. The first-order valence-corrected chi connectivity index (χ1v) is 13.9. The summed E-state index contributed by atoms with van der Waals surface area (Å²) in [5.74, 6) is 1.76. The Morgan fingerprint density at radius 2 is 1.93 bits per heavy atom. The number of nitrogens with zero attached hydrogens (tertiary/aromatic N) is 5. The molecule has 1 amide bonds. The van der Waals surface area contributed by atoms with Gasteiger partial charge in [0.15, 0.2) is 5.69 Å². The highest BCUT2D eigenvalue weighted by atomic mass is 35.5. The number of rotatable bonds is 11. The van der Waals surface area contributed by atoms with Crippen LogP contribution in [-0.2, 0) is 22.6 Å². The average Bonchev–Trinajstić information content (AvgIpc) is 3.55. The maximum atomic E-state index is 13.5. The van der Waals surface area contributed by atoms with Gasteiger partial charge < -0.3 is 20.7 Å². The first kappa shape index (κ1) is 28.1. The molecule has 0 bridgehead atoms. The van der Waals surface area contributed by atoms with Crippen molar-refractivity contribution in [1.29, 1.82) is 0 Å². The van der Waals surface area contributed by atoms with Crippen molar-refractivity contribution in [1.82, 2.24) is 24.8 Å². The summed E-state index contributed by atoms with van der Waals surface area (Å²) in [7, 11) is 0. The third-order valence-electron chi connectivity index (χ3n) is 6.90. The van der Waals surface area contributed by atoms with Crippen LogP contribution in [0.2, 0.25) is 5.02 Å². The molecule has 41 heavy (non-hydrogen) atoms. The summed E-state index contributed by atoms with van der Waals surface area (Å²) in [5.41, 5.74) is 2.48. The second kappa shape index (κ2) is 13.7. The minimum Gasteiger partial charge on any atom is -0.381 e. The predicted octanol–water partition coefficient (Wildman–Crippen LogP) is 5.39. The van der Waals surface area contributed by atoms with E-state index in [1.807, 2.05) is 36.4 Å². The highest BCUT2D eigenvalue weighted by Gasteiger charge is 2.25. The molecule has 1 aliphatic rings. The summed E-state index contributed by atoms with van der Waals surface area (Å²) in [6.07, 6.45) is 7.60. The molecule has 0 unspecified atom stereocenters. The van der Waals surface area contributed by atoms with E-state index in [0.29, 0.717) is 66.9 Å². The van der Waals surface area contributed by atoms with E-state index in [-0.39, 0.29) is 5.91 Å². The average molecular weight is 571 g/mol. The van der Waals surface area contributed by atoms with Gasteiger partial charge in [-0.25, -0.2) is 9.83 Å². The molecule has 1 saturated heterocycles. The lowest BCUT2D eigenvalue weighted by molar-refractivity contribution is -0.122. The minimum absolute atomic E-state index is 0.123. The molecule has 1 atom stereocenters. The fraction of sp³-hybridized carbons (Fsp3) is 0.300. The number of anilines is 2. The SMILES string of the molecule is [C-]#[N+]c1ccc(CNC(=O)[C@@H](CC2CCOCC2)Nc2cc(-n3ccnc3)nc(NCc3cccc(Cl)c3)n2)cc1. The van der Waals surface area contributed by atoms with Crippen LogP contribution in [0.3, 0.4) is 0 Å². The molecule has 0 spiro atoms. The summed E-state index contributed by atoms with van der Waals surface area (Å²) >= 11 is 6.15. The molecular weight excluding hydrogens is 540 g/mol. The van der Waals surface area contributed by atoms with Gasteiger partial charge in [0, 0.05) is 49.8 Å². The summed E-state index contributed by atoms with van der Waals surface area (Å²) < 4.78 is 7.33. The summed E-state index contributed by atoms with van der Waals surface area (Å²) in [6, 6.07) is 16.1. The van der Waals surface area contributed by atoms with Gasteiger partial charge in [-0.05, 0) is 48.4 Å². The Balaban J connectivity index is 1.36. The number of hydrogen-bond acceptors (Lipinski definition) is 7. The quantitative estimate of drug-likeness (QED) is 0.207. The minimum atomic E-state index is -0.521. The van der Waals surface area contributed by atoms with Gasteiger partial charge in [0.1, 0.15) is 24.0 Å². The monoisotopic (exact) mass is 570 g/mol. The van der Waals surface area contributed by atoms with Crippen LogP contribution in [0.15, 0.2) is 73.3 Å². The number of imidazole rings is 1. The van der Waals surface area contributed by atoms with Gasteiger partial charge in [0.2, 0.25) is 11.9 Å². The first-order valence-electron chi connectivity index (χ1n) is 13.5. The molecule has 4 aromatic rings. The molecule has 3 N–H and O–H groups in total. The molecule has 0 saturated carbocycles. The molecule has 3 heterocycles. The highest BCUT2D eigenvalue weighted by Crippen LogP contribution is 2.23. The van der Waals surface area contributed by atoms with E-state index >= 15 is 0 Å². The fourth-order valence-electron chi connectivity index (χ4n) is 4.67. The van der Waals surface area contributed by atoms with Crippen molar-refractivity contribution < 1.29 is 9.53 Å². The lowest BCUT2D eigenvalue weighted by Gasteiger charge is -2.27. The zero-order valence-corrected chi connectivity index (χ0v) is 23.2. The van der Waals surface area contributed by atoms with Crippen molar-refractivity contribution in [3.8, 4) is 5.82 Å². The lowest BCUT2D eigenvalue weighted by atomic mass is 9.92. The van der Waals surface area contributed by atoms with Crippen LogP contribution >= 0.6 is 11.6 Å². The van der Waals surface area contributed by atoms with Crippen LogP contribution in [0.4, 0.5) is 17.5 Å². The number of benzene rings is 2. The number of carbonyl (C=O) groups excluding carboxylic acids is 1. The number of nitrogens with one attached hydrogen (secondary N) is 3. The van der Waals surface area contributed by atoms with Crippen LogP contribution in [0.5, 0.6) is 0 Å². The third-order valence-corrected chi connectivity index (χ3v) is 7.14. The summed E-state index contributed by atoms with van der Waals surface area (Å²) in [4.78, 5) is 30.5. The van der Waals surface area contributed by atoms with Crippen molar-refractivity contribution >= 4 is 35.0 Å². The normalized spacial score (nSPS) is 14.1. The largest absolute Gasteiger partial charge is 0.381 e. The topological polar surface area (TPSA) is 110 Å². The first-order chi connectivity index (χ1) is 20.1. The van der Waals surface area contributed by atoms with Gasteiger partial charge in [-0.1, -0.05) is 48.0 Å². The molecule has 210 valence electrons. The number of hydrogen-bond donors (Lipinski definition) is 3. The Hall–Kier alpha value is -4.46. The molecule has 0 aliphatic carbocycles. The van der Waals surface area contributed by atoms with Crippen LogP contribution < -0.4 is 16.0 Å². The molecule has 1 aliphatic heterocycles. The Bertz CT molecular complexity index is 1480. The predicted molar refractivity (Wildman–Crippen MR) is 158 cm³/mol. The number of carbonyl (C=O) groups is 1. The molecule has 5 rings (SSSR count). The highest BCUT2D eigenvalue weighted by molar-refractivity contribution is 6.30. The Morgan fingerprint density at radius 3 is 2.66 bits per heavy atom. The Labute approximate surface area is 244 Å². The van der Waals surface area contributed by atoms with E-state index in [0.717, 1.165) is 24.0 Å². The van der Waals surface area contributed by atoms with Crippen LogP contribution in [0.25, 0.3) is 10.7 Å². The zero-order valence-electron chi connectivity index (χ0n) is 22.5. The van der Waals surface area contributed by atoms with E-state index in [2.05, 4.69) is 30.8 Å². The van der Waals surface area contributed by atoms with E-state index < -0.39 is 6.04 Å². The summed E-state index contributed by atoms with van der Waals surface area (Å²) in [6.45, 7) is 9.37. The van der Waals surface area contributed by atoms with Crippen molar-refractivity contribution in [2.75, 3.05) is 23.8 Å². The molecule has 2 aromatic carbocycles. The van der Waals surface area contributed by atoms with Gasteiger partial charge in [-0.3, -0.25) is 9.36 Å².